The Hall–Kier alpha value is 0.160. The number of likely N-dealkylation sites (N-methyl/N-ethyl adjacent to an activating group) is 1. The highest BCUT2D eigenvalue weighted by molar-refractivity contribution is 7.89. The molecule has 0 bridgehead atoms. The molecule has 0 aromatic rings. The molecule has 0 heterocycles. The number of halogens is 1. The molecule has 0 saturated carbocycles. The molecule has 0 amide bonds. The average molecular weight is 216 g/mol. The summed E-state index contributed by atoms with van der Waals surface area (Å²) in [6, 6.07) is -0.391. The van der Waals surface area contributed by atoms with Crippen LogP contribution in [0.3, 0.4) is 0 Å². The molecule has 74 valence electrons. The number of hydrogen-bond acceptors (Lipinski definition) is 3. The fourth-order valence-electron chi connectivity index (χ4n) is 0.631. The number of nitrogens with zero attached hydrogens (tertiary/aromatic N) is 1. The highest BCUT2D eigenvalue weighted by atomic mass is 35.5. The van der Waals surface area contributed by atoms with E-state index in [-0.39, 0.29) is 18.2 Å². The number of sulfonamides is 1. The van der Waals surface area contributed by atoms with Crippen LogP contribution in [0.15, 0.2) is 0 Å². The molecule has 4 nitrogen and oxygen atoms in total. The van der Waals surface area contributed by atoms with Gasteiger partial charge >= 0.3 is 0 Å². The molecule has 0 saturated heterocycles. The van der Waals surface area contributed by atoms with Gasteiger partial charge < -0.3 is 5.11 Å². The maximum Gasteiger partial charge on any atom is 0.215 e. The zero-order valence-corrected chi connectivity index (χ0v) is 8.77. The van der Waals surface area contributed by atoms with Crippen molar-refractivity contribution in [3.8, 4) is 0 Å². The molecule has 0 fully saturated rings. The lowest BCUT2D eigenvalue weighted by Crippen LogP contribution is -2.39. The first-order valence-corrected chi connectivity index (χ1v) is 5.72. The topological polar surface area (TPSA) is 57.6 Å². The molecule has 1 atom stereocenters. The highest BCUT2D eigenvalue weighted by Crippen LogP contribution is 2.04. The third-order valence-corrected chi connectivity index (χ3v) is 4.03. The van der Waals surface area contributed by atoms with Gasteiger partial charge in [-0.1, -0.05) is 0 Å². The van der Waals surface area contributed by atoms with Crippen LogP contribution in [0.25, 0.3) is 0 Å². The summed E-state index contributed by atoms with van der Waals surface area (Å²) in [4.78, 5) is 0. The molecule has 0 rings (SSSR count). The first-order valence-electron chi connectivity index (χ1n) is 3.58. The van der Waals surface area contributed by atoms with Gasteiger partial charge in [0.25, 0.3) is 0 Å². The van der Waals surface area contributed by atoms with Crippen LogP contribution >= 0.6 is 11.6 Å². The van der Waals surface area contributed by atoms with E-state index >= 15 is 0 Å². The van der Waals surface area contributed by atoms with Crippen LogP contribution in [-0.2, 0) is 10.0 Å². The molecular weight excluding hydrogens is 202 g/mol. The van der Waals surface area contributed by atoms with Crippen molar-refractivity contribution in [3.63, 3.8) is 0 Å². The first kappa shape index (κ1) is 12.2. The summed E-state index contributed by atoms with van der Waals surface area (Å²) < 4.78 is 23.7. The SMILES string of the molecule is CC(CO)N(C)S(=O)(=O)CCCl. The minimum absolute atomic E-state index is 0.0742. The molecule has 12 heavy (non-hydrogen) atoms. The number of aliphatic hydroxyl groups excluding tert-OH is 1. The van der Waals surface area contributed by atoms with Gasteiger partial charge in [0, 0.05) is 19.0 Å². The van der Waals surface area contributed by atoms with E-state index < -0.39 is 16.1 Å². The van der Waals surface area contributed by atoms with Crippen molar-refractivity contribution < 1.29 is 13.5 Å². The minimum Gasteiger partial charge on any atom is -0.395 e. The normalized spacial score (nSPS) is 15.1. The largest absolute Gasteiger partial charge is 0.395 e. The van der Waals surface area contributed by atoms with Gasteiger partial charge in [-0.2, -0.15) is 4.31 Å². The molecule has 0 aliphatic carbocycles. The summed E-state index contributed by atoms with van der Waals surface area (Å²) in [6.07, 6.45) is 0. The van der Waals surface area contributed by atoms with Gasteiger partial charge in [-0.3, -0.25) is 0 Å². The Bertz CT molecular complexity index is 217. The van der Waals surface area contributed by atoms with Crippen LogP contribution in [-0.4, -0.2) is 49.2 Å². The van der Waals surface area contributed by atoms with Crippen LogP contribution in [0, 0.1) is 0 Å². The predicted molar refractivity (Wildman–Crippen MR) is 48.8 cm³/mol. The van der Waals surface area contributed by atoms with Crippen LogP contribution in [0.1, 0.15) is 6.92 Å². The number of alkyl halides is 1. The summed E-state index contributed by atoms with van der Waals surface area (Å²) in [5.41, 5.74) is 0. The summed E-state index contributed by atoms with van der Waals surface area (Å²) in [5, 5.41) is 8.70. The highest BCUT2D eigenvalue weighted by Gasteiger charge is 2.21. The molecule has 0 aromatic heterocycles. The standard InChI is InChI=1S/C6H14ClNO3S/c1-6(5-9)8(2)12(10,11)4-3-7/h6,9H,3-5H2,1-2H3. The molecule has 0 aliphatic rings. The fraction of sp³-hybridized carbons (Fsp3) is 1.00. The second-order valence-electron chi connectivity index (χ2n) is 2.55. The molecular formula is C6H14ClNO3S. The first-order chi connectivity index (χ1) is 5.45. The maximum absolute atomic E-state index is 11.3. The number of rotatable bonds is 5. The van der Waals surface area contributed by atoms with Crippen LogP contribution in [0.2, 0.25) is 0 Å². The average Bonchev–Trinajstić information content (AvgIpc) is 2.01. The van der Waals surface area contributed by atoms with Gasteiger partial charge in [0.1, 0.15) is 0 Å². The summed E-state index contributed by atoms with van der Waals surface area (Å²) in [6.45, 7) is 1.45. The van der Waals surface area contributed by atoms with Gasteiger partial charge in [0.15, 0.2) is 0 Å². The monoisotopic (exact) mass is 215 g/mol. The predicted octanol–water partition coefficient (Wildman–Crippen LogP) is -0.132. The van der Waals surface area contributed by atoms with Crippen LogP contribution in [0.4, 0.5) is 0 Å². The number of hydrogen-bond donors (Lipinski definition) is 1. The lowest BCUT2D eigenvalue weighted by Gasteiger charge is -2.21. The Kier molecular flexibility index (Phi) is 5.08. The van der Waals surface area contributed by atoms with Crippen molar-refractivity contribution in [3.05, 3.63) is 0 Å². The van der Waals surface area contributed by atoms with E-state index in [2.05, 4.69) is 0 Å². The Morgan fingerprint density at radius 1 is 1.58 bits per heavy atom. The second-order valence-corrected chi connectivity index (χ2v) is 5.08. The molecule has 0 aromatic carbocycles. The van der Waals surface area contributed by atoms with E-state index in [0.29, 0.717) is 0 Å². The summed E-state index contributed by atoms with van der Waals surface area (Å²) in [5.74, 6) is -0.0137. The van der Waals surface area contributed by atoms with E-state index in [1.165, 1.54) is 7.05 Å². The second kappa shape index (κ2) is 5.01. The Balaban J connectivity index is 4.35. The van der Waals surface area contributed by atoms with Crippen LogP contribution in [0.5, 0.6) is 0 Å². The van der Waals surface area contributed by atoms with Crippen molar-refractivity contribution >= 4 is 21.6 Å². The summed E-state index contributed by atoms with van der Waals surface area (Å²) in [7, 11) is -1.85. The zero-order chi connectivity index (χ0) is 9.78. The van der Waals surface area contributed by atoms with Crippen molar-refractivity contribution in [2.24, 2.45) is 0 Å². The zero-order valence-electron chi connectivity index (χ0n) is 7.20. The van der Waals surface area contributed by atoms with Gasteiger partial charge in [-0.05, 0) is 6.92 Å². The fourth-order valence-corrected chi connectivity index (χ4v) is 2.31. The van der Waals surface area contributed by atoms with Gasteiger partial charge in [0.2, 0.25) is 10.0 Å². The van der Waals surface area contributed by atoms with E-state index in [1.54, 1.807) is 6.92 Å². The van der Waals surface area contributed by atoms with Crippen molar-refractivity contribution in [1.82, 2.24) is 4.31 Å². The van der Waals surface area contributed by atoms with Crippen molar-refractivity contribution in [2.75, 3.05) is 25.3 Å². The third-order valence-electron chi connectivity index (χ3n) is 1.66. The minimum atomic E-state index is -3.28. The van der Waals surface area contributed by atoms with E-state index in [9.17, 15) is 8.42 Å². The number of aliphatic hydroxyl groups is 1. The van der Waals surface area contributed by atoms with Gasteiger partial charge in [0.05, 0.1) is 12.4 Å². The Morgan fingerprint density at radius 3 is 2.42 bits per heavy atom. The molecule has 0 aliphatic heterocycles. The molecule has 1 N–H and O–H groups in total. The van der Waals surface area contributed by atoms with E-state index in [1.807, 2.05) is 0 Å². The van der Waals surface area contributed by atoms with Crippen molar-refractivity contribution in [2.45, 2.75) is 13.0 Å². The lowest BCUT2D eigenvalue weighted by molar-refractivity contribution is 0.214. The molecule has 0 spiro atoms. The summed E-state index contributed by atoms with van der Waals surface area (Å²) >= 11 is 5.31. The molecule has 6 heteroatoms. The van der Waals surface area contributed by atoms with Gasteiger partial charge in [-0.25, -0.2) is 8.42 Å². The quantitative estimate of drug-likeness (QED) is 0.650. The Labute approximate surface area is 78.2 Å². The van der Waals surface area contributed by atoms with Crippen molar-refractivity contribution in [1.29, 1.82) is 0 Å². The molecule has 0 radical (unpaired) electrons. The third kappa shape index (κ3) is 3.26. The molecule has 1 unspecified atom stereocenters. The van der Waals surface area contributed by atoms with E-state index in [0.717, 1.165) is 4.31 Å². The maximum atomic E-state index is 11.3. The van der Waals surface area contributed by atoms with E-state index in [4.69, 9.17) is 16.7 Å². The lowest BCUT2D eigenvalue weighted by atomic mass is 10.4. The Morgan fingerprint density at radius 2 is 2.08 bits per heavy atom. The van der Waals surface area contributed by atoms with Gasteiger partial charge in [-0.15, -0.1) is 11.6 Å². The smallest absolute Gasteiger partial charge is 0.215 e. The van der Waals surface area contributed by atoms with Crippen LogP contribution < -0.4 is 0 Å².